The molecule has 3 aliphatic heterocycles. The molecule has 0 aliphatic carbocycles. The lowest BCUT2D eigenvalue weighted by atomic mass is 9.76. The quantitative estimate of drug-likeness (QED) is 0.527. The highest BCUT2D eigenvalue weighted by molar-refractivity contribution is 6.00. The average molecular weight is 379 g/mol. The van der Waals surface area contributed by atoms with Crippen molar-refractivity contribution in [2.24, 2.45) is 5.92 Å². The van der Waals surface area contributed by atoms with Crippen molar-refractivity contribution in [2.75, 3.05) is 6.54 Å². The molecule has 0 aromatic carbocycles. The van der Waals surface area contributed by atoms with E-state index in [0.29, 0.717) is 23.2 Å². The minimum Gasteiger partial charge on any atom is -0.349 e. The van der Waals surface area contributed by atoms with Gasteiger partial charge < -0.3 is 21.1 Å². The van der Waals surface area contributed by atoms with Gasteiger partial charge in [0.25, 0.3) is 0 Å². The maximum atomic E-state index is 12.6. The van der Waals surface area contributed by atoms with E-state index < -0.39 is 12.3 Å². The molecule has 27 heavy (non-hydrogen) atoms. The average Bonchev–Trinajstić information content (AvgIpc) is 2.60. The highest BCUT2D eigenvalue weighted by Gasteiger charge is 2.42. The molecule has 2 saturated heterocycles. The van der Waals surface area contributed by atoms with Crippen molar-refractivity contribution in [1.29, 1.82) is 0 Å². The standard InChI is InChI=1S/C19H30N4O4/c1-10-13(19(26)22-14-7-8-20-12(3)18(10)14)9-16(24)21-11(2)15-5-4-6-17(25)23(15)27/h11-12,14-15,17-18,20,25H,4-9H2,1-3H3,(H-,21,22,24,26)/p+1/t11-,12?,14?,15?,17?,18?/m1/s1. The summed E-state index contributed by atoms with van der Waals surface area (Å²) in [6, 6.07) is -0.461. The predicted molar refractivity (Wildman–Crippen MR) is 99.7 cm³/mol. The first kappa shape index (κ1) is 19.9. The second-order valence-electron chi connectivity index (χ2n) is 8.17. The Labute approximate surface area is 159 Å². The van der Waals surface area contributed by atoms with Crippen LogP contribution in [0.4, 0.5) is 0 Å². The molecule has 8 nitrogen and oxygen atoms in total. The number of carbonyl (C=O) groups excluding carboxylic acids is 2. The molecule has 0 aromatic rings. The zero-order valence-electron chi connectivity index (χ0n) is 16.3. The zero-order chi connectivity index (χ0) is 19.7. The van der Waals surface area contributed by atoms with Gasteiger partial charge in [0.2, 0.25) is 17.9 Å². The molecule has 150 valence electrons. The van der Waals surface area contributed by atoms with Crippen LogP contribution in [0.25, 0.3) is 0 Å². The van der Waals surface area contributed by atoms with E-state index in [-0.39, 0.29) is 42.3 Å². The van der Waals surface area contributed by atoms with Gasteiger partial charge in [-0.3, -0.25) is 9.59 Å². The Kier molecular flexibility index (Phi) is 5.95. The second kappa shape index (κ2) is 8.06. The third-order valence-electron chi connectivity index (χ3n) is 6.35. The first-order valence-corrected chi connectivity index (χ1v) is 9.96. The molecule has 0 spiro atoms. The molecule has 0 bridgehead atoms. The Bertz CT molecular complexity index is 662. The molecule has 0 saturated carbocycles. The summed E-state index contributed by atoms with van der Waals surface area (Å²) in [6.45, 7) is 6.70. The molecule has 2 fully saturated rings. The Morgan fingerprint density at radius 3 is 2.85 bits per heavy atom. The van der Waals surface area contributed by atoms with Gasteiger partial charge >= 0.3 is 6.23 Å². The number of aliphatic hydroxyl groups is 1. The summed E-state index contributed by atoms with van der Waals surface area (Å²) < 4.78 is 0.687. The number of rotatable bonds is 4. The van der Waals surface area contributed by atoms with E-state index in [2.05, 4.69) is 22.9 Å². The van der Waals surface area contributed by atoms with E-state index in [1.807, 2.05) is 6.92 Å². The minimum atomic E-state index is -1.01. The Balaban J connectivity index is 1.66. The number of carbonyl (C=O) groups is 2. The number of aliphatic hydroxyl groups excluding tert-OH is 1. The van der Waals surface area contributed by atoms with E-state index in [1.165, 1.54) is 0 Å². The van der Waals surface area contributed by atoms with Crippen LogP contribution in [0.15, 0.2) is 11.1 Å². The van der Waals surface area contributed by atoms with Crippen LogP contribution in [-0.4, -0.2) is 58.6 Å². The van der Waals surface area contributed by atoms with E-state index in [4.69, 9.17) is 0 Å². The molecule has 2 amide bonds. The number of amides is 2. The molecule has 3 heterocycles. The largest absolute Gasteiger partial charge is 0.349 e. The van der Waals surface area contributed by atoms with Gasteiger partial charge in [-0.15, -0.1) is 0 Å². The molecule has 3 rings (SSSR count). The maximum Gasteiger partial charge on any atom is 0.303 e. The number of hydrogen-bond donors (Lipinski definition) is 4. The van der Waals surface area contributed by atoms with E-state index in [1.54, 1.807) is 6.92 Å². The predicted octanol–water partition coefficient (Wildman–Crippen LogP) is 0.344. The van der Waals surface area contributed by atoms with Gasteiger partial charge in [-0.2, -0.15) is 0 Å². The van der Waals surface area contributed by atoms with Crippen LogP contribution < -0.4 is 16.0 Å². The number of fused-ring (bicyclic) bond motifs is 1. The van der Waals surface area contributed by atoms with Crippen LogP contribution in [0, 0.1) is 10.8 Å². The zero-order valence-corrected chi connectivity index (χ0v) is 16.3. The third kappa shape index (κ3) is 4.06. The van der Waals surface area contributed by atoms with Crippen LogP contribution in [0.1, 0.15) is 52.9 Å². The molecule has 0 aromatic heterocycles. The van der Waals surface area contributed by atoms with Gasteiger partial charge in [-0.25, -0.2) is 0 Å². The van der Waals surface area contributed by atoms with Gasteiger partial charge in [0.1, 0.15) is 0 Å². The summed E-state index contributed by atoms with van der Waals surface area (Å²) in [5, 5.41) is 19.1. The van der Waals surface area contributed by atoms with Crippen LogP contribution in [-0.2, 0) is 9.59 Å². The lowest BCUT2D eigenvalue weighted by Crippen LogP contribution is -2.57. The number of piperidine rings is 2. The first-order chi connectivity index (χ1) is 12.8. The Morgan fingerprint density at radius 1 is 1.37 bits per heavy atom. The topological polar surface area (TPSA) is 111 Å². The second-order valence-corrected chi connectivity index (χ2v) is 8.17. The van der Waals surface area contributed by atoms with Crippen LogP contribution in [0.3, 0.4) is 0 Å². The molecule has 8 heteroatoms. The van der Waals surface area contributed by atoms with Gasteiger partial charge in [-0.1, -0.05) is 5.57 Å². The van der Waals surface area contributed by atoms with Gasteiger partial charge in [-0.05, 0) is 40.2 Å². The third-order valence-corrected chi connectivity index (χ3v) is 6.35. The smallest absolute Gasteiger partial charge is 0.303 e. The first-order valence-electron chi connectivity index (χ1n) is 9.96. The van der Waals surface area contributed by atoms with Crippen molar-refractivity contribution in [3.8, 4) is 0 Å². The summed E-state index contributed by atoms with van der Waals surface area (Å²) in [5.41, 5.74) is 1.50. The van der Waals surface area contributed by atoms with E-state index in [9.17, 15) is 19.6 Å². The number of nitrogens with one attached hydrogen (secondary N) is 3. The highest BCUT2D eigenvalue weighted by atomic mass is 16.4. The van der Waals surface area contributed by atoms with Crippen molar-refractivity contribution in [2.45, 2.75) is 83.3 Å². The Hall–Kier alpha value is -1.80. The van der Waals surface area contributed by atoms with Crippen molar-refractivity contribution < 1.29 is 19.5 Å². The molecule has 4 N–H and O–H groups in total. The Morgan fingerprint density at radius 2 is 2.11 bits per heavy atom. The molecular weight excluding hydrogens is 348 g/mol. The molecule has 5 unspecified atom stereocenters. The lowest BCUT2D eigenvalue weighted by Gasteiger charge is -2.42. The number of nitroso groups, excluding NO2 is 1. The van der Waals surface area contributed by atoms with Crippen LogP contribution in [0.5, 0.6) is 0 Å². The summed E-state index contributed by atoms with van der Waals surface area (Å²) >= 11 is 0. The van der Waals surface area contributed by atoms with Crippen molar-refractivity contribution in [1.82, 2.24) is 16.0 Å². The minimum absolute atomic E-state index is 0.00603. The van der Waals surface area contributed by atoms with Crippen molar-refractivity contribution >= 4 is 11.8 Å². The fourth-order valence-electron chi connectivity index (χ4n) is 4.83. The molecular formula is C19H31N4O4+. The van der Waals surface area contributed by atoms with Gasteiger partial charge in [0.15, 0.2) is 0 Å². The number of hydrogen-bond acceptors (Lipinski definition) is 5. The summed E-state index contributed by atoms with van der Waals surface area (Å²) in [6.07, 6.45) is 1.74. The summed E-state index contributed by atoms with van der Waals surface area (Å²) in [4.78, 5) is 37.2. The van der Waals surface area contributed by atoms with Crippen molar-refractivity contribution in [3.05, 3.63) is 16.1 Å². The van der Waals surface area contributed by atoms with Crippen LogP contribution >= 0.6 is 0 Å². The number of nitrogens with zero attached hydrogens (tertiary/aromatic N) is 1. The summed E-state index contributed by atoms with van der Waals surface area (Å²) in [7, 11) is 0. The monoisotopic (exact) mass is 379 g/mol. The SMILES string of the molecule is CC1=C(CC(=O)N[C@H](C)C2CCCC(O)[N+]2=O)C(=O)NC2CCNC(C)C12. The molecule has 6 atom stereocenters. The van der Waals surface area contributed by atoms with Gasteiger partial charge in [0, 0.05) is 46.1 Å². The maximum absolute atomic E-state index is 12.6. The molecule has 0 radical (unpaired) electrons. The normalized spacial score (nSPS) is 35.3. The molecule has 3 aliphatic rings. The van der Waals surface area contributed by atoms with Crippen molar-refractivity contribution in [3.63, 3.8) is 0 Å². The van der Waals surface area contributed by atoms with Gasteiger partial charge in [0.05, 0.1) is 12.5 Å². The van der Waals surface area contributed by atoms with E-state index >= 15 is 0 Å². The van der Waals surface area contributed by atoms with E-state index in [0.717, 1.165) is 25.0 Å². The highest BCUT2D eigenvalue weighted by Crippen LogP contribution is 2.32. The van der Waals surface area contributed by atoms with Crippen LogP contribution in [0.2, 0.25) is 0 Å². The fourth-order valence-corrected chi connectivity index (χ4v) is 4.83. The summed E-state index contributed by atoms with van der Waals surface area (Å²) in [5.74, 6) is -0.234. The lowest BCUT2D eigenvalue weighted by molar-refractivity contribution is -0.669. The fraction of sp³-hybridized carbons (Fsp3) is 0.789.